The zero-order valence-corrected chi connectivity index (χ0v) is 13.6. The van der Waals surface area contributed by atoms with Crippen molar-refractivity contribution in [1.82, 2.24) is 4.90 Å². The second kappa shape index (κ2) is 6.74. The van der Waals surface area contributed by atoms with Crippen LogP contribution in [-0.2, 0) is 14.3 Å². The molecular weight excluding hydrogens is 306 g/mol. The molecule has 1 aliphatic heterocycles. The predicted octanol–water partition coefficient (Wildman–Crippen LogP) is 2.54. The summed E-state index contributed by atoms with van der Waals surface area (Å²) < 4.78 is 9.90. The predicted molar refractivity (Wildman–Crippen MR) is 88.6 cm³/mol. The lowest BCUT2D eigenvalue weighted by atomic mass is 9.78. The molecule has 1 amide bonds. The standard InChI is InChI=1S/C19H19NO4/c1-23-15-10-8-14(9-11-15)18-17(13-6-4-3-5-7-13)19(22)20(18)12-16(21)24-2/h3-11,17-18H,12H2,1-2H3. The van der Waals surface area contributed by atoms with Crippen LogP contribution in [0.4, 0.5) is 0 Å². The van der Waals surface area contributed by atoms with Gasteiger partial charge in [0, 0.05) is 0 Å². The summed E-state index contributed by atoms with van der Waals surface area (Å²) in [5.74, 6) is -0.0229. The Bertz CT molecular complexity index is 727. The second-order valence-electron chi connectivity index (χ2n) is 5.65. The summed E-state index contributed by atoms with van der Waals surface area (Å²) in [6.07, 6.45) is 0. The zero-order valence-electron chi connectivity index (χ0n) is 13.6. The molecule has 2 aromatic carbocycles. The Balaban J connectivity index is 1.93. The molecule has 24 heavy (non-hydrogen) atoms. The summed E-state index contributed by atoms with van der Waals surface area (Å²) in [6, 6.07) is 17.0. The minimum Gasteiger partial charge on any atom is -0.497 e. The number of benzene rings is 2. The SMILES string of the molecule is COC(=O)CN1C(=O)C(c2ccccc2)C1c1ccc(OC)cc1. The fraction of sp³-hybridized carbons (Fsp3) is 0.263. The molecule has 0 aromatic heterocycles. The van der Waals surface area contributed by atoms with Gasteiger partial charge in [-0.2, -0.15) is 0 Å². The maximum Gasteiger partial charge on any atom is 0.325 e. The number of ether oxygens (including phenoxy) is 2. The van der Waals surface area contributed by atoms with Crippen molar-refractivity contribution in [2.45, 2.75) is 12.0 Å². The minimum absolute atomic E-state index is 0.0463. The van der Waals surface area contributed by atoms with E-state index in [0.29, 0.717) is 0 Å². The molecule has 2 aromatic rings. The summed E-state index contributed by atoms with van der Waals surface area (Å²) in [5.41, 5.74) is 1.91. The van der Waals surface area contributed by atoms with Gasteiger partial charge < -0.3 is 14.4 Å². The van der Waals surface area contributed by atoms with Gasteiger partial charge in [-0.1, -0.05) is 42.5 Å². The zero-order chi connectivity index (χ0) is 17.1. The number of likely N-dealkylation sites (tertiary alicyclic amines) is 1. The number of rotatable bonds is 5. The summed E-state index contributed by atoms with van der Waals surface area (Å²) in [7, 11) is 2.93. The van der Waals surface area contributed by atoms with Crippen LogP contribution in [-0.4, -0.2) is 37.5 Å². The smallest absolute Gasteiger partial charge is 0.325 e. The highest BCUT2D eigenvalue weighted by atomic mass is 16.5. The van der Waals surface area contributed by atoms with Crippen molar-refractivity contribution in [1.29, 1.82) is 0 Å². The lowest BCUT2D eigenvalue weighted by Gasteiger charge is -2.47. The molecule has 0 aliphatic carbocycles. The van der Waals surface area contributed by atoms with Crippen molar-refractivity contribution in [3.63, 3.8) is 0 Å². The number of carbonyl (C=O) groups is 2. The van der Waals surface area contributed by atoms with Crippen LogP contribution >= 0.6 is 0 Å². The van der Waals surface area contributed by atoms with E-state index in [4.69, 9.17) is 9.47 Å². The van der Waals surface area contributed by atoms with Gasteiger partial charge in [0.15, 0.2) is 0 Å². The van der Waals surface area contributed by atoms with Gasteiger partial charge in [0.2, 0.25) is 5.91 Å². The summed E-state index contributed by atoms with van der Waals surface area (Å²) in [6.45, 7) is -0.0463. The van der Waals surface area contributed by atoms with Gasteiger partial charge in [-0.05, 0) is 23.3 Å². The summed E-state index contributed by atoms with van der Waals surface area (Å²) in [5, 5.41) is 0. The van der Waals surface area contributed by atoms with Crippen LogP contribution in [0.15, 0.2) is 54.6 Å². The topological polar surface area (TPSA) is 55.8 Å². The molecule has 5 heteroatoms. The molecule has 1 fully saturated rings. The van der Waals surface area contributed by atoms with Gasteiger partial charge in [0.05, 0.1) is 26.2 Å². The van der Waals surface area contributed by atoms with Gasteiger partial charge >= 0.3 is 5.97 Å². The van der Waals surface area contributed by atoms with Gasteiger partial charge in [-0.15, -0.1) is 0 Å². The van der Waals surface area contributed by atoms with Gasteiger partial charge in [0.25, 0.3) is 0 Å². The molecule has 1 saturated heterocycles. The van der Waals surface area contributed by atoms with E-state index in [1.807, 2.05) is 54.6 Å². The third kappa shape index (κ3) is 2.85. The number of hydrogen-bond donors (Lipinski definition) is 0. The molecule has 1 heterocycles. The van der Waals surface area contributed by atoms with Gasteiger partial charge in [-0.3, -0.25) is 9.59 Å². The average Bonchev–Trinajstić information content (AvgIpc) is 2.64. The quantitative estimate of drug-likeness (QED) is 0.626. The molecule has 0 radical (unpaired) electrons. The van der Waals surface area contributed by atoms with Crippen LogP contribution in [0.1, 0.15) is 23.1 Å². The van der Waals surface area contributed by atoms with E-state index in [2.05, 4.69) is 0 Å². The summed E-state index contributed by atoms with van der Waals surface area (Å²) >= 11 is 0. The van der Waals surface area contributed by atoms with Crippen molar-refractivity contribution >= 4 is 11.9 Å². The first-order valence-corrected chi connectivity index (χ1v) is 7.72. The Morgan fingerprint density at radius 1 is 1.00 bits per heavy atom. The first kappa shape index (κ1) is 16.1. The second-order valence-corrected chi connectivity index (χ2v) is 5.65. The molecule has 5 nitrogen and oxygen atoms in total. The van der Waals surface area contributed by atoms with E-state index in [1.165, 1.54) is 7.11 Å². The number of amides is 1. The van der Waals surface area contributed by atoms with Crippen LogP contribution in [0.25, 0.3) is 0 Å². The van der Waals surface area contributed by atoms with Crippen LogP contribution in [0.2, 0.25) is 0 Å². The van der Waals surface area contributed by atoms with Crippen molar-refractivity contribution in [2.24, 2.45) is 0 Å². The molecule has 1 aliphatic rings. The van der Waals surface area contributed by atoms with E-state index in [-0.39, 0.29) is 24.4 Å². The van der Waals surface area contributed by atoms with Crippen LogP contribution < -0.4 is 4.74 Å². The Kier molecular flexibility index (Phi) is 4.51. The van der Waals surface area contributed by atoms with Gasteiger partial charge in [0.1, 0.15) is 12.3 Å². The fourth-order valence-corrected chi connectivity index (χ4v) is 3.09. The molecular formula is C19H19NO4. The van der Waals surface area contributed by atoms with E-state index < -0.39 is 5.97 Å². The molecule has 0 N–H and O–H groups in total. The normalized spacial score (nSPS) is 19.6. The Hall–Kier alpha value is -2.82. The molecule has 124 valence electrons. The molecule has 3 rings (SSSR count). The van der Waals surface area contributed by atoms with Crippen LogP contribution in [0.5, 0.6) is 5.75 Å². The van der Waals surface area contributed by atoms with Crippen molar-refractivity contribution < 1.29 is 19.1 Å². The van der Waals surface area contributed by atoms with Crippen LogP contribution in [0, 0.1) is 0 Å². The first-order valence-electron chi connectivity index (χ1n) is 7.72. The van der Waals surface area contributed by atoms with E-state index in [9.17, 15) is 9.59 Å². The van der Waals surface area contributed by atoms with Crippen molar-refractivity contribution in [3.8, 4) is 5.75 Å². The Morgan fingerprint density at radius 3 is 2.25 bits per heavy atom. The highest BCUT2D eigenvalue weighted by Gasteiger charge is 2.49. The number of β-lactam (4-membered cyclic amide) rings is 1. The highest BCUT2D eigenvalue weighted by molar-refractivity contribution is 5.94. The lowest BCUT2D eigenvalue weighted by Crippen LogP contribution is -2.55. The number of nitrogens with zero attached hydrogens (tertiary/aromatic N) is 1. The largest absolute Gasteiger partial charge is 0.497 e. The maximum atomic E-state index is 12.6. The molecule has 2 atom stereocenters. The minimum atomic E-state index is -0.423. The van der Waals surface area contributed by atoms with Crippen molar-refractivity contribution in [2.75, 3.05) is 20.8 Å². The Labute approximate surface area is 140 Å². The molecule has 0 bridgehead atoms. The number of hydrogen-bond acceptors (Lipinski definition) is 4. The first-order chi connectivity index (χ1) is 11.7. The van der Waals surface area contributed by atoms with Crippen molar-refractivity contribution in [3.05, 3.63) is 65.7 Å². The molecule has 2 unspecified atom stereocenters. The van der Waals surface area contributed by atoms with Gasteiger partial charge in [-0.25, -0.2) is 0 Å². The third-order valence-electron chi connectivity index (χ3n) is 4.34. The number of esters is 1. The van der Waals surface area contributed by atoms with E-state index in [0.717, 1.165) is 16.9 Å². The number of methoxy groups -OCH3 is 2. The molecule has 0 saturated carbocycles. The fourth-order valence-electron chi connectivity index (χ4n) is 3.09. The number of carbonyl (C=O) groups excluding carboxylic acids is 2. The Morgan fingerprint density at radius 2 is 1.67 bits per heavy atom. The summed E-state index contributed by atoms with van der Waals surface area (Å²) in [4.78, 5) is 25.8. The third-order valence-corrected chi connectivity index (χ3v) is 4.34. The monoisotopic (exact) mass is 325 g/mol. The maximum absolute atomic E-state index is 12.6. The molecule has 0 spiro atoms. The van der Waals surface area contributed by atoms with Crippen LogP contribution in [0.3, 0.4) is 0 Å². The average molecular weight is 325 g/mol. The van der Waals surface area contributed by atoms with E-state index >= 15 is 0 Å². The van der Waals surface area contributed by atoms with E-state index in [1.54, 1.807) is 12.0 Å². The highest BCUT2D eigenvalue weighted by Crippen LogP contribution is 2.46. The lowest BCUT2D eigenvalue weighted by molar-refractivity contribution is -0.159.